The van der Waals surface area contributed by atoms with Gasteiger partial charge in [0.25, 0.3) is 0 Å². The lowest BCUT2D eigenvalue weighted by atomic mass is 9.90. The van der Waals surface area contributed by atoms with Crippen LogP contribution in [-0.4, -0.2) is 23.1 Å². The van der Waals surface area contributed by atoms with Crippen LogP contribution in [0.4, 0.5) is 29.3 Å². The molecule has 0 bridgehead atoms. The summed E-state index contributed by atoms with van der Waals surface area (Å²) < 4.78 is 39.6. The van der Waals surface area contributed by atoms with Gasteiger partial charge in [-0.15, -0.1) is 0 Å². The van der Waals surface area contributed by atoms with E-state index in [0.29, 0.717) is 34.3 Å². The van der Waals surface area contributed by atoms with Crippen molar-refractivity contribution < 1.29 is 18.0 Å². The van der Waals surface area contributed by atoms with E-state index < -0.39 is 23.5 Å². The van der Waals surface area contributed by atoms with Gasteiger partial charge in [0.1, 0.15) is 0 Å². The van der Waals surface area contributed by atoms with E-state index in [1.807, 2.05) is 0 Å². The monoisotopic (exact) mass is 432 g/mol. The number of nitrogens with zero attached hydrogens (tertiary/aromatic N) is 1. The van der Waals surface area contributed by atoms with Gasteiger partial charge in [-0.3, -0.25) is 4.98 Å². The molecule has 2 aromatic rings. The van der Waals surface area contributed by atoms with Crippen molar-refractivity contribution in [1.29, 1.82) is 0 Å². The SMILES string of the molecule is O=C(Nc1cc(F)c(F)c(F)c1)N[C@H]1CCCC[C@@H]1Nc1c(Cl)cncc1Cl. The number of pyridine rings is 1. The second-order valence-electron chi connectivity index (χ2n) is 6.47. The van der Waals surface area contributed by atoms with E-state index in [0.717, 1.165) is 19.3 Å². The van der Waals surface area contributed by atoms with Gasteiger partial charge in [-0.25, -0.2) is 18.0 Å². The van der Waals surface area contributed by atoms with E-state index >= 15 is 0 Å². The van der Waals surface area contributed by atoms with Crippen LogP contribution in [0.2, 0.25) is 10.0 Å². The topological polar surface area (TPSA) is 66.1 Å². The molecule has 1 aromatic carbocycles. The molecule has 5 nitrogen and oxygen atoms in total. The van der Waals surface area contributed by atoms with Gasteiger partial charge in [-0.05, 0) is 12.8 Å². The van der Waals surface area contributed by atoms with Crippen LogP contribution in [0.15, 0.2) is 24.5 Å². The molecule has 0 saturated heterocycles. The first kappa shape index (κ1) is 20.5. The Balaban J connectivity index is 1.68. The molecular weight excluding hydrogens is 416 g/mol. The third-order valence-corrected chi connectivity index (χ3v) is 5.08. The first-order valence-corrected chi connectivity index (χ1v) is 9.38. The number of urea groups is 1. The van der Waals surface area contributed by atoms with Crippen molar-refractivity contribution in [2.45, 2.75) is 37.8 Å². The van der Waals surface area contributed by atoms with Crippen molar-refractivity contribution >= 4 is 40.6 Å². The summed E-state index contributed by atoms with van der Waals surface area (Å²) in [6.45, 7) is 0. The minimum Gasteiger partial charge on any atom is -0.378 e. The van der Waals surface area contributed by atoms with Crippen molar-refractivity contribution in [3.63, 3.8) is 0 Å². The summed E-state index contributed by atoms with van der Waals surface area (Å²) in [6, 6.07) is 0.342. The van der Waals surface area contributed by atoms with Crippen molar-refractivity contribution in [2.75, 3.05) is 10.6 Å². The summed E-state index contributed by atoms with van der Waals surface area (Å²) >= 11 is 12.3. The van der Waals surface area contributed by atoms with E-state index in [1.165, 1.54) is 12.4 Å². The van der Waals surface area contributed by atoms with Gasteiger partial charge in [-0.2, -0.15) is 0 Å². The van der Waals surface area contributed by atoms with Gasteiger partial charge in [-0.1, -0.05) is 36.0 Å². The second kappa shape index (κ2) is 8.87. The Hall–Kier alpha value is -2.19. The first-order valence-electron chi connectivity index (χ1n) is 8.62. The first-order chi connectivity index (χ1) is 13.3. The van der Waals surface area contributed by atoms with Crippen molar-refractivity contribution in [3.05, 3.63) is 52.0 Å². The van der Waals surface area contributed by atoms with Crippen LogP contribution in [0.25, 0.3) is 0 Å². The molecule has 3 N–H and O–H groups in total. The fourth-order valence-electron chi connectivity index (χ4n) is 3.17. The van der Waals surface area contributed by atoms with Gasteiger partial charge in [0.15, 0.2) is 17.5 Å². The zero-order chi connectivity index (χ0) is 20.3. The Morgan fingerprint density at radius 1 is 1.00 bits per heavy atom. The second-order valence-corrected chi connectivity index (χ2v) is 7.29. The molecule has 1 heterocycles. The quantitative estimate of drug-likeness (QED) is 0.570. The highest BCUT2D eigenvalue weighted by molar-refractivity contribution is 6.38. The van der Waals surface area contributed by atoms with Crippen LogP contribution in [0.3, 0.4) is 0 Å². The zero-order valence-electron chi connectivity index (χ0n) is 14.5. The maximum Gasteiger partial charge on any atom is 0.319 e. The van der Waals surface area contributed by atoms with E-state index in [1.54, 1.807) is 0 Å². The van der Waals surface area contributed by atoms with Crippen molar-refractivity contribution in [2.24, 2.45) is 0 Å². The lowest BCUT2D eigenvalue weighted by Gasteiger charge is -2.33. The van der Waals surface area contributed by atoms with E-state index in [2.05, 4.69) is 20.9 Å². The number of benzene rings is 1. The maximum absolute atomic E-state index is 13.3. The number of halogens is 5. The van der Waals surface area contributed by atoms with Gasteiger partial charge in [0.2, 0.25) is 0 Å². The highest BCUT2D eigenvalue weighted by Crippen LogP contribution is 2.32. The Labute approximate surface area is 169 Å². The molecule has 0 spiro atoms. The molecule has 150 valence electrons. The molecule has 2 atom stereocenters. The molecular formula is C18H17Cl2F3N4O. The Bertz CT molecular complexity index is 841. The number of hydrogen-bond donors (Lipinski definition) is 3. The Morgan fingerprint density at radius 3 is 2.18 bits per heavy atom. The fraction of sp³-hybridized carbons (Fsp3) is 0.333. The molecule has 1 aromatic heterocycles. The number of carbonyl (C=O) groups excluding carboxylic acids is 1. The number of carbonyl (C=O) groups is 1. The minimum absolute atomic E-state index is 0.154. The molecule has 0 unspecified atom stereocenters. The average Bonchev–Trinajstić information content (AvgIpc) is 2.64. The number of amides is 2. The standard InChI is InChI=1S/C18H17Cl2F3N4O/c19-10-7-24-8-11(20)17(10)26-14-3-1-2-4-15(14)27-18(28)25-9-5-12(21)16(23)13(22)6-9/h5-8,14-15H,1-4H2,(H,24,26)(H2,25,27,28)/t14-,15-/m0/s1. The molecule has 1 aliphatic carbocycles. The predicted octanol–water partition coefficient (Wildman–Crippen LogP) is 5.35. The molecule has 0 aliphatic heterocycles. The molecule has 2 amide bonds. The molecule has 0 radical (unpaired) electrons. The van der Waals surface area contributed by atoms with Gasteiger partial charge in [0.05, 0.1) is 21.8 Å². The summed E-state index contributed by atoms with van der Waals surface area (Å²) in [4.78, 5) is 16.2. The van der Waals surface area contributed by atoms with E-state index in [9.17, 15) is 18.0 Å². The Kier molecular flexibility index (Phi) is 6.51. The predicted molar refractivity (Wildman–Crippen MR) is 102 cm³/mol. The zero-order valence-corrected chi connectivity index (χ0v) is 16.0. The molecule has 10 heteroatoms. The smallest absolute Gasteiger partial charge is 0.319 e. The van der Waals surface area contributed by atoms with Crippen LogP contribution in [0.1, 0.15) is 25.7 Å². The summed E-state index contributed by atoms with van der Waals surface area (Å²) in [7, 11) is 0. The average molecular weight is 433 g/mol. The number of rotatable bonds is 4. The number of hydrogen-bond acceptors (Lipinski definition) is 3. The van der Waals surface area contributed by atoms with Crippen LogP contribution < -0.4 is 16.0 Å². The van der Waals surface area contributed by atoms with E-state index in [4.69, 9.17) is 23.2 Å². The molecule has 28 heavy (non-hydrogen) atoms. The number of anilines is 2. The lowest BCUT2D eigenvalue weighted by molar-refractivity contribution is 0.242. The fourth-order valence-corrected chi connectivity index (χ4v) is 3.65. The van der Waals surface area contributed by atoms with Gasteiger partial charge < -0.3 is 16.0 Å². The van der Waals surface area contributed by atoms with Crippen LogP contribution in [-0.2, 0) is 0 Å². The minimum atomic E-state index is -1.59. The molecule has 1 fully saturated rings. The molecule has 1 saturated carbocycles. The molecule has 1 aliphatic rings. The Morgan fingerprint density at radius 2 is 1.57 bits per heavy atom. The highest BCUT2D eigenvalue weighted by Gasteiger charge is 2.28. The highest BCUT2D eigenvalue weighted by atomic mass is 35.5. The van der Waals surface area contributed by atoms with Crippen molar-refractivity contribution in [3.8, 4) is 0 Å². The normalized spacial score (nSPS) is 19.2. The largest absolute Gasteiger partial charge is 0.378 e. The summed E-state index contributed by atoms with van der Waals surface area (Å²) in [5.41, 5.74) is 0.342. The summed E-state index contributed by atoms with van der Waals surface area (Å²) in [6.07, 6.45) is 6.24. The van der Waals surface area contributed by atoms with E-state index in [-0.39, 0.29) is 17.8 Å². The van der Waals surface area contributed by atoms with Crippen molar-refractivity contribution in [1.82, 2.24) is 10.3 Å². The number of aromatic nitrogens is 1. The summed E-state index contributed by atoms with van der Waals surface area (Å²) in [5, 5.41) is 9.06. The van der Waals surface area contributed by atoms with Crippen LogP contribution in [0, 0.1) is 17.5 Å². The lowest BCUT2D eigenvalue weighted by Crippen LogP contribution is -2.49. The maximum atomic E-state index is 13.3. The van der Waals surface area contributed by atoms with Gasteiger partial charge >= 0.3 is 6.03 Å². The molecule has 3 rings (SSSR count). The van der Waals surface area contributed by atoms with Gasteiger partial charge in [0, 0.05) is 36.3 Å². The summed E-state index contributed by atoms with van der Waals surface area (Å²) in [5.74, 6) is -4.35. The van der Waals surface area contributed by atoms with Crippen LogP contribution >= 0.6 is 23.2 Å². The van der Waals surface area contributed by atoms with Crippen LogP contribution in [0.5, 0.6) is 0 Å². The number of nitrogens with one attached hydrogen (secondary N) is 3. The third-order valence-electron chi connectivity index (χ3n) is 4.51. The third kappa shape index (κ3) is 4.80.